The lowest BCUT2D eigenvalue weighted by atomic mass is 10.0. The van der Waals surface area contributed by atoms with Crippen molar-refractivity contribution in [1.82, 2.24) is 4.90 Å². The van der Waals surface area contributed by atoms with E-state index in [0.29, 0.717) is 12.3 Å². The van der Waals surface area contributed by atoms with Crippen LogP contribution in [0.15, 0.2) is 0 Å². The standard InChI is InChI=1S/C11H21NO2/c1-11(2,3)12-7-6-9(8-12)4-5-10(13)14/h9H,4-8H2,1-3H3,(H,13,14). The molecular weight excluding hydrogens is 178 g/mol. The van der Waals surface area contributed by atoms with Crippen molar-refractivity contribution >= 4 is 5.97 Å². The van der Waals surface area contributed by atoms with Crippen LogP contribution in [0.1, 0.15) is 40.0 Å². The smallest absolute Gasteiger partial charge is 0.303 e. The van der Waals surface area contributed by atoms with Gasteiger partial charge in [0.25, 0.3) is 0 Å². The van der Waals surface area contributed by atoms with Gasteiger partial charge in [0.1, 0.15) is 0 Å². The zero-order valence-corrected chi connectivity index (χ0v) is 9.42. The minimum absolute atomic E-state index is 0.234. The van der Waals surface area contributed by atoms with Crippen molar-refractivity contribution in [1.29, 1.82) is 0 Å². The van der Waals surface area contributed by atoms with Crippen LogP contribution in [0.25, 0.3) is 0 Å². The Bertz CT molecular complexity index is 208. The molecule has 0 bridgehead atoms. The van der Waals surface area contributed by atoms with E-state index in [1.165, 1.54) is 0 Å². The lowest BCUT2D eigenvalue weighted by Gasteiger charge is -2.31. The Balaban J connectivity index is 2.31. The highest BCUT2D eigenvalue weighted by molar-refractivity contribution is 5.66. The fraction of sp³-hybridized carbons (Fsp3) is 0.909. The molecule has 0 saturated carbocycles. The molecule has 3 nitrogen and oxygen atoms in total. The van der Waals surface area contributed by atoms with Gasteiger partial charge >= 0.3 is 5.97 Å². The molecule has 0 aliphatic carbocycles. The van der Waals surface area contributed by atoms with Crippen LogP contribution in [-0.2, 0) is 4.79 Å². The largest absolute Gasteiger partial charge is 0.481 e. The summed E-state index contributed by atoms with van der Waals surface area (Å²) < 4.78 is 0. The Morgan fingerprint density at radius 1 is 1.50 bits per heavy atom. The number of carboxylic acids is 1. The van der Waals surface area contributed by atoms with Gasteiger partial charge in [-0.3, -0.25) is 9.69 Å². The summed E-state index contributed by atoms with van der Waals surface area (Å²) in [7, 11) is 0. The molecule has 1 N–H and O–H groups in total. The van der Waals surface area contributed by atoms with Crippen LogP contribution >= 0.6 is 0 Å². The first-order chi connectivity index (χ1) is 6.39. The monoisotopic (exact) mass is 199 g/mol. The molecule has 1 aliphatic rings. The quantitative estimate of drug-likeness (QED) is 0.755. The number of nitrogens with zero attached hydrogens (tertiary/aromatic N) is 1. The molecule has 1 fully saturated rings. The van der Waals surface area contributed by atoms with E-state index >= 15 is 0 Å². The lowest BCUT2D eigenvalue weighted by molar-refractivity contribution is -0.137. The summed E-state index contributed by atoms with van der Waals surface area (Å²) >= 11 is 0. The fourth-order valence-electron chi connectivity index (χ4n) is 2.01. The van der Waals surface area contributed by atoms with E-state index in [-0.39, 0.29) is 5.54 Å². The Labute approximate surface area is 86.1 Å². The summed E-state index contributed by atoms with van der Waals surface area (Å²) in [6.45, 7) is 8.83. The van der Waals surface area contributed by atoms with E-state index in [9.17, 15) is 4.79 Å². The highest BCUT2D eigenvalue weighted by Gasteiger charge is 2.29. The second-order valence-electron chi connectivity index (χ2n) is 5.20. The molecule has 0 aromatic rings. The van der Waals surface area contributed by atoms with Gasteiger partial charge in [-0.2, -0.15) is 0 Å². The van der Waals surface area contributed by atoms with Crippen molar-refractivity contribution in [2.24, 2.45) is 5.92 Å². The van der Waals surface area contributed by atoms with Crippen LogP contribution in [0.5, 0.6) is 0 Å². The van der Waals surface area contributed by atoms with Crippen LogP contribution in [-0.4, -0.2) is 34.6 Å². The number of hydrogen-bond donors (Lipinski definition) is 1. The molecule has 0 aromatic carbocycles. The topological polar surface area (TPSA) is 40.5 Å². The molecule has 0 radical (unpaired) electrons. The van der Waals surface area contributed by atoms with Gasteiger partial charge in [-0.15, -0.1) is 0 Å². The van der Waals surface area contributed by atoms with Gasteiger partial charge in [0.15, 0.2) is 0 Å². The molecule has 14 heavy (non-hydrogen) atoms. The molecule has 0 aromatic heterocycles. The number of carboxylic acid groups (broad SMARTS) is 1. The Kier molecular flexibility index (Phi) is 3.53. The number of rotatable bonds is 3. The molecule has 1 heterocycles. The third-order valence-corrected chi connectivity index (χ3v) is 3.00. The Morgan fingerprint density at radius 2 is 2.14 bits per heavy atom. The minimum Gasteiger partial charge on any atom is -0.481 e. The van der Waals surface area contributed by atoms with Gasteiger partial charge in [-0.1, -0.05) is 0 Å². The summed E-state index contributed by atoms with van der Waals surface area (Å²) in [6.07, 6.45) is 2.31. The van der Waals surface area contributed by atoms with E-state index in [4.69, 9.17) is 5.11 Å². The molecular formula is C11H21NO2. The van der Waals surface area contributed by atoms with Crippen LogP contribution in [0.3, 0.4) is 0 Å². The zero-order valence-electron chi connectivity index (χ0n) is 9.42. The van der Waals surface area contributed by atoms with Gasteiger partial charge in [0, 0.05) is 18.5 Å². The molecule has 1 atom stereocenters. The van der Waals surface area contributed by atoms with Gasteiger partial charge in [0.2, 0.25) is 0 Å². The third kappa shape index (κ3) is 3.29. The van der Waals surface area contributed by atoms with Crippen molar-refractivity contribution < 1.29 is 9.90 Å². The van der Waals surface area contributed by atoms with Gasteiger partial charge in [0.05, 0.1) is 0 Å². The molecule has 1 unspecified atom stereocenters. The number of carbonyl (C=O) groups is 1. The normalized spacial score (nSPS) is 24.1. The number of aliphatic carboxylic acids is 1. The maximum absolute atomic E-state index is 10.4. The summed E-state index contributed by atoms with van der Waals surface area (Å²) in [6, 6.07) is 0. The first-order valence-corrected chi connectivity index (χ1v) is 5.36. The van der Waals surface area contributed by atoms with Gasteiger partial charge < -0.3 is 5.11 Å². The molecule has 1 aliphatic heterocycles. The van der Waals surface area contributed by atoms with Crippen LogP contribution in [0.4, 0.5) is 0 Å². The van der Waals surface area contributed by atoms with Crippen molar-refractivity contribution in [2.45, 2.75) is 45.6 Å². The molecule has 0 spiro atoms. The van der Waals surface area contributed by atoms with Gasteiger partial charge in [-0.25, -0.2) is 0 Å². The Morgan fingerprint density at radius 3 is 2.57 bits per heavy atom. The van der Waals surface area contributed by atoms with E-state index < -0.39 is 5.97 Å². The fourth-order valence-corrected chi connectivity index (χ4v) is 2.01. The third-order valence-electron chi connectivity index (χ3n) is 3.00. The van der Waals surface area contributed by atoms with E-state index in [1.54, 1.807) is 0 Å². The second-order valence-corrected chi connectivity index (χ2v) is 5.20. The average molecular weight is 199 g/mol. The van der Waals surface area contributed by atoms with Crippen LogP contribution < -0.4 is 0 Å². The highest BCUT2D eigenvalue weighted by Crippen LogP contribution is 2.26. The predicted molar refractivity (Wildman–Crippen MR) is 56.3 cm³/mol. The second kappa shape index (κ2) is 4.30. The molecule has 0 amide bonds. The number of hydrogen-bond acceptors (Lipinski definition) is 2. The van der Waals surface area contributed by atoms with E-state index in [1.807, 2.05) is 0 Å². The number of likely N-dealkylation sites (tertiary alicyclic amines) is 1. The summed E-state index contributed by atoms with van der Waals surface area (Å²) in [5.41, 5.74) is 0.234. The lowest BCUT2D eigenvalue weighted by Crippen LogP contribution is -2.39. The summed E-state index contributed by atoms with van der Waals surface area (Å²) in [5.74, 6) is -0.0791. The van der Waals surface area contributed by atoms with Crippen molar-refractivity contribution in [3.63, 3.8) is 0 Å². The summed E-state index contributed by atoms with van der Waals surface area (Å²) in [4.78, 5) is 12.9. The molecule has 82 valence electrons. The summed E-state index contributed by atoms with van der Waals surface area (Å²) in [5, 5.41) is 8.59. The SMILES string of the molecule is CC(C)(C)N1CCC(CCC(=O)O)C1. The van der Waals surface area contributed by atoms with Crippen molar-refractivity contribution in [2.75, 3.05) is 13.1 Å². The first kappa shape index (κ1) is 11.5. The molecule has 3 heteroatoms. The Hall–Kier alpha value is -0.570. The van der Waals surface area contributed by atoms with Crippen molar-refractivity contribution in [3.8, 4) is 0 Å². The highest BCUT2D eigenvalue weighted by atomic mass is 16.4. The maximum Gasteiger partial charge on any atom is 0.303 e. The van der Waals surface area contributed by atoms with E-state index in [2.05, 4.69) is 25.7 Å². The molecule has 1 rings (SSSR count). The minimum atomic E-state index is -0.667. The van der Waals surface area contributed by atoms with Gasteiger partial charge in [-0.05, 0) is 46.1 Å². The predicted octanol–water partition coefficient (Wildman–Crippen LogP) is 1.97. The zero-order chi connectivity index (χ0) is 10.8. The van der Waals surface area contributed by atoms with Crippen molar-refractivity contribution in [3.05, 3.63) is 0 Å². The molecule has 1 saturated heterocycles. The first-order valence-electron chi connectivity index (χ1n) is 5.36. The average Bonchev–Trinajstić information content (AvgIpc) is 2.47. The van der Waals surface area contributed by atoms with E-state index in [0.717, 1.165) is 25.9 Å². The van der Waals surface area contributed by atoms with Crippen LogP contribution in [0.2, 0.25) is 0 Å². The van der Waals surface area contributed by atoms with Crippen LogP contribution in [0, 0.1) is 5.92 Å². The maximum atomic E-state index is 10.4.